The number of amides is 2. The number of rotatable bonds is 8. The van der Waals surface area contributed by atoms with Crippen LogP contribution in [0, 0.1) is 0 Å². The molecule has 0 unspecified atom stereocenters. The van der Waals surface area contributed by atoms with Gasteiger partial charge in [-0.05, 0) is 49.2 Å². The van der Waals surface area contributed by atoms with Crippen molar-refractivity contribution >= 4 is 44.1 Å². The predicted molar refractivity (Wildman–Crippen MR) is 128 cm³/mol. The fraction of sp³-hybridized carbons (Fsp3) is 0.208. The number of nitrogens with one attached hydrogen (secondary N) is 1. The van der Waals surface area contributed by atoms with Gasteiger partial charge in [0, 0.05) is 4.88 Å². The molecule has 0 aliphatic carbocycles. The molecule has 2 heterocycles. The van der Waals surface area contributed by atoms with Crippen molar-refractivity contribution in [3.05, 3.63) is 81.7 Å². The fourth-order valence-corrected chi connectivity index (χ4v) is 5.93. The van der Waals surface area contributed by atoms with Gasteiger partial charge in [-0.15, -0.1) is 11.3 Å². The van der Waals surface area contributed by atoms with Crippen molar-refractivity contribution < 1.29 is 27.5 Å². The summed E-state index contributed by atoms with van der Waals surface area (Å²) in [7, 11) is -3.98. The van der Waals surface area contributed by atoms with E-state index in [0.29, 0.717) is 16.0 Å². The van der Waals surface area contributed by atoms with Crippen LogP contribution in [0.25, 0.3) is 0 Å². The molecule has 0 saturated carbocycles. The van der Waals surface area contributed by atoms with Crippen LogP contribution in [0.3, 0.4) is 0 Å². The molecule has 0 atom stereocenters. The van der Waals surface area contributed by atoms with Crippen LogP contribution in [0.4, 0.5) is 5.00 Å². The van der Waals surface area contributed by atoms with Crippen molar-refractivity contribution in [3.8, 4) is 0 Å². The summed E-state index contributed by atoms with van der Waals surface area (Å²) in [5, 5.41) is 0.0598. The summed E-state index contributed by atoms with van der Waals surface area (Å²) in [6, 6.07) is 14.4. The molecule has 1 aromatic heterocycles. The standard InChI is InChI=1S/C24H22N2O6S2/c1-3-15-9-11-17(12-10-15)34(30,31)25-21-20(24(29)32-4-2)13-16(33-21)14-26-22(27)18-7-5-6-8-19(18)23(26)28/h5-13,25H,3-4,14H2,1-2H3. The van der Waals surface area contributed by atoms with Crippen LogP contribution in [-0.4, -0.2) is 37.7 Å². The molecule has 2 amide bonds. The first kappa shape index (κ1) is 23.7. The van der Waals surface area contributed by atoms with E-state index in [-0.39, 0.29) is 28.6 Å². The average molecular weight is 499 g/mol. The van der Waals surface area contributed by atoms with Crippen LogP contribution < -0.4 is 4.72 Å². The largest absolute Gasteiger partial charge is 0.462 e. The highest BCUT2D eigenvalue weighted by Gasteiger charge is 2.36. The first-order chi connectivity index (χ1) is 16.2. The first-order valence-corrected chi connectivity index (χ1v) is 12.9. The number of benzene rings is 2. The van der Waals surface area contributed by atoms with Gasteiger partial charge >= 0.3 is 5.97 Å². The van der Waals surface area contributed by atoms with Crippen LogP contribution >= 0.6 is 11.3 Å². The fourth-order valence-electron chi connectivity index (χ4n) is 3.58. The van der Waals surface area contributed by atoms with Gasteiger partial charge in [-0.3, -0.25) is 19.2 Å². The highest BCUT2D eigenvalue weighted by molar-refractivity contribution is 7.93. The Morgan fingerprint density at radius 1 is 1.00 bits per heavy atom. The minimum atomic E-state index is -3.98. The predicted octanol–water partition coefficient (Wildman–Crippen LogP) is 4.08. The summed E-state index contributed by atoms with van der Waals surface area (Å²) in [5.41, 5.74) is 1.63. The van der Waals surface area contributed by atoms with E-state index in [0.717, 1.165) is 28.2 Å². The van der Waals surface area contributed by atoms with Gasteiger partial charge in [0.05, 0.1) is 34.7 Å². The number of ether oxygens (including phenoxy) is 1. The minimum absolute atomic E-state index is 0.0206. The molecule has 1 N–H and O–H groups in total. The third-order valence-electron chi connectivity index (χ3n) is 5.34. The Hall–Kier alpha value is -3.50. The van der Waals surface area contributed by atoms with Gasteiger partial charge in [-0.2, -0.15) is 0 Å². The molecule has 8 nitrogen and oxygen atoms in total. The average Bonchev–Trinajstić information content (AvgIpc) is 3.33. The van der Waals surface area contributed by atoms with Gasteiger partial charge in [0.1, 0.15) is 5.00 Å². The number of hydrogen-bond donors (Lipinski definition) is 1. The lowest BCUT2D eigenvalue weighted by Gasteiger charge is -2.12. The molecule has 34 heavy (non-hydrogen) atoms. The number of carbonyl (C=O) groups excluding carboxylic acids is 3. The monoisotopic (exact) mass is 498 g/mol. The number of thiophene rings is 1. The first-order valence-electron chi connectivity index (χ1n) is 10.6. The number of carbonyl (C=O) groups is 3. The maximum Gasteiger partial charge on any atom is 0.341 e. The maximum atomic E-state index is 13.0. The van der Waals surface area contributed by atoms with Crippen molar-refractivity contribution in [1.29, 1.82) is 0 Å². The van der Waals surface area contributed by atoms with E-state index in [1.165, 1.54) is 18.2 Å². The summed E-state index contributed by atoms with van der Waals surface area (Å²) in [5.74, 6) is -1.58. The lowest BCUT2D eigenvalue weighted by atomic mass is 10.1. The van der Waals surface area contributed by atoms with Crippen LogP contribution in [0.5, 0.6) is 0 Å². The topological polar surface area (TPSA) is 110 Å². The molecular weight excluding hydrogens is 476 g/mol. The van der Waals surface area contributed by atoms with Crippen molar-refractivity contribution in [2.45, 2.75) is 31.7 Å². The molecule has 176 valence electrons. The Morgan fingerprint density at radius 3 is 2.18 bits per heavy atom. The normalized spacial score (nSPS) is 13.2. The van der Waals surface area contributed by atoms with Gasteiger partial charge in [0.15, 0.2) is 0 Å². The Labute approximate surface area is 201 Å². The third kappa shape index (κ3) is 4.46. The van der Waals surface area contributed by atoms with E-state index in [1.807, 2.05) is 6.92 Å². The van der Waals surface area contributed by atoms with Crippen molar-refractivity contribution in [2.75, 3.05) is 11.3 Å². The Balaban J connectivity index is 1.64. The maximum absolute atomic E-state index is 13.0. The second kappa shape index (κ2) is 9.40. The highest BCUT2D eigenvalue weighted by Crippen LogP contribution is 2.34. The molecule has 0 saturated heterocycles. The quantitative estimate of drug-likeness (QED) is 0.370. The van der Waals surface area contributed by atoms with Gasteiger partial charge < -0.3 is 4.74 Å². The Kier molecular flexibility index (Phi) is 6.54. The van der Waals surface area contributed by atoms with E-state index >= 15 is 0 Å². The molecule has 2 aromatic carbocycles. The molecule has 0 bridgehead atoms. The van der Waals surface area contributed by atoms with E-state index in [1.54, 1.807) is 43.3 Å². The number of esters is 1. The smallest absolute Gasteiger partial charge is 0.341 e. The SMILES string of the molecule is CCOC(=O)c1cc(CN2C(=O)c3ccccc3C2=O)sc1NS(=O)(=O)c1ccc(CC)cc1. The zero-order valence-corrected chi connectivity index (χ0v) is 20.2. The number of fused-ring (bicyclic) bond motifs is 1. The molecule has 1 aliphatic heterocycles. The molecule has 0 radical (unpaired) electrons. The molecule has 0 spiro atoms. The van der Waals surface area contributed by atoms with Crippen molar-refractivity contribution in [3.63, 3.8) is 0 Å². The Morgan fingerprint density at radius 2 is 1.62 bits per heavy atom. The number of nitrogens with zero attached hydrogens (tertiary/aromatic N) is 1. The zero-order chi connectivity index (χ0) is 24.5. The lowest BCUT2D eigenvalue weighted by molar-refractivity contribution is 0.0527. The highest BCUT2D eigenvalue weighted by atomic mass is 32.2. The number of sulfonamides is 1. The summed E-state index contributed by atoms with van der Waals surface area (Å²) in [4.78, 5) is 39.5. The van der Waals surface area contributed by atoms with Gasteiger partial charge in [0.2, 0.25) is 0 Å². The van der Waals surface area contributed by atoms with E-state index in [4.69, 9.17) is 4.74 Å². The zero-order valence-electron chi connectivity index (χ0n) is 18.5. The van der Waals surface area contributed by atoms with Gasteiger partial charge in [-0.25, -0.2) is 13.2 Å². The molecule has 3 aromatic rings. The second-order valence-corrected chi connectivity index (χ2v) is 10.3. The molecular formula is C24H22N2O6S2. The van der Waals surface area contributed by atoms with Crippen LogP contribution in [-0.2, 0) is 27.7 Å². The van der Waals surface area contributed by atoms with Gasteiger partial charge in [-0.1, -0.05) is 31.2 Å². The molecule has 1 aliphatic rings. The summed E-state index contributed by atoms with van der Waals surface area (Å²) >= 11 is 0.975. The van der Waals surface area contributed by atoms with Crippen LogP contribution in [0.1, 0.15) is 55.4 Å². The molecule has 4 rings (SSSR count). The minimum Gasteiger partial charge on any atom is -0.462 e. The van der Waals surface area contributed by atoms with E-state index in [2.05, 4.69) is 4.72 Å². The Bertz CT molecular complexity index is 1340. The van der Waals surface area contributed by atoms with Gasteiger partial charge in [0.25, 0.3) is 21.8 Å². The van der Waals surface area contributed by atoms with Crippen LogP contribution in [0.15, 0.2) is 59.5 Å². The summed E-state index contributed by atoms with van der Waals surface area (Å²) < 4.78 is 33.5. The van der Waals surface area contributed by atoms with E-state index in [9.17, 15) is 22.8 Å². The third-order valence-corrected chi connectivity index (χ3v) is 7.87. The summed E-state index contributed by atoms with van der Waals surface area (Å²) in [6.07, 6.45) is 0.771. The summed E-state index contributed by atoms with van der Waals surface area (Å²) in [6.45, 7) is 3.61. The number of aryl methyl sites for hydroxylation is 1. The van der Waals surface area contributed by atoms with Crippen molar-refractivity contribution in [1.82, 2.24) is 4.90 Å². The second-order valence-electron chi connectivity index (χ2n) is 7.52. The lowest BCUT2D eigenvalue weighted by Crippen LogP contribution is -2.28. The molecule has 0 fully saturated rings. The van der Waals surface area contributed by atoms with E-state index < -0.39 is 27.8 Å². The number of imide groups is 1. The van der Waals surface area contributed by atoms with Crippen molar-refractivity contribution in [2.24, 2.45) is 0 Å². The van der Waals surface area contributed by atoms with Crippen LogP contribution in [0.2, 0.25) is 0 Å². The molecule has 10 heteroatoms. The number of hydrogen-bond acceptors (Lipinski definition) is 7. The number of anilines is 1.